The van der Waals surface area contributed by atoms with Crippen LogP contribution in [0.4, 0.5) is 11.5 Å². The van der Waals surface area contributed by atoms with Crippen LogP contribution in [0.25, 0.3) is 10.9 Å². The molecule has 3 aromatic rings. The molecule has 1 aliphatic rings. The highest BCUT2D eigenvalue weighted by atomic mass is 35.5. The number of piperidine rings is 1. The Kier molecular flexibility index (Phi) is 7.22. The lowest BCUT2D eigenvalue weighted by molar-refractivity contribution is 0.317. The molecule has 0 atom stereocenters. The molecule has 30 heavy (non-hydrogen) atoms. The first-order valence-electron chi connectivity index (χ1n) is 10.7. The molecule has 4 nitrogen and oxygen atoms in total. The Balaban J connectivity index is 0.00000256. The molecule has 1 fully saturated rings. The van der Waals surface area contributed by atoms with Crippen molar-refractivity contribution in [3.05, 3.63) is 66.2 Å². The van der Waals surface area contributed by atoms with E-state index in [1.165, 1.54) is 29.5 Å². The van der Waals surface area contributed by atoms with Gasteiger partial charge in [0.05, 0.1) is 5.52 Å². The van der Waals surface area contributed by atoms with E-state index in [9.17, 15) is 0 Å². The number of para-hydroxylation sites is 1. The monoisotopic (exact) mass is 424 g/mol. The van der Waals surface area contributed by atoms with E-state index in [2.05, 4.69) is 90.9 Å². The lowest BCUT2D eigenvalue weighted by atomic mass is 9.99. The molecule has 0 bridgehead atoms. The SMILES string of the molecule is CC(C)(C)NC1CCN(c2cc(NCc3ccccc3)nc3ccccc23)CC1.Cl. The fourth-order valence-corrected chi connectivity index (χ4v) is 4.17. The highest BCUT2D eigenvalue weighted by Crippen LogP contribution is 2.31. The summed E-state index contributed by atoms with van der Waals surface area (Å²) in [6.45, 7) is 9.67. The van der Waals surface area contributed by atoms with Crippen LogP contribution >= 0.6 is 12.4 Å². The predicted molar refractivity (Wildman–Crippen MR) is 131 cm³/mol. The Morgan fingerprint density at radius 3 is 2.33 bits per heavy atom. The number of rotatable bonds is 5. The Morgan fingerprint density at radius 1 is 0.967 bits per heavy atom. The largest absolute Gasteiger partial charge is 0.371 e. The molecule has 5 heteroatoms. The predicted octanol–water partition coefficient (Wildman–Crippen LogP) is 5.63. The summed E-state index contributed by atoms with van der Waals surface area (Å²) in [4.78, 5) is 7.39. The molecular weight excluding hydrogens is 392 g/mol. The number of hydrogen-bond donors (Lipinski definition) is 2. The highest BCUT2D eigenvalue weighted by Gasteiger charge is 2.24. The van der Waals surface area contributed by atoms with Crippen molar-refractivity contribution in [1.82, 2.24) is 10.3 Å². The van der Waals surface area contributed by atoms with Gasteiger partial charge in [-0.1, -0.05) is 48.5 Å². The van der Waals surface area contributed by atoms with E-state index < -0.39 is 0 Å². The summed E-state index contributed by atoms with van der Waals surface area (Å²) in [7, 11) is 0. The zero-order valence-corrected chi connectivity index (χ0v) is 19.0. The third-order valence-corrected chi connectivity index (χ3v) is 5.48. The standard InChI is InChI=1S/C25H32N4.ClH/c1-25(2,3)28-20-13-15-29(16-14-20)23-17-24(26-18-19-9-5-4-6-10-19)27-22-12-8-7-11-21(22)23;/h4-12,17,20,28H,13-16,18H2,1-3H3,(H,26,27);1H. The van der Waals surface area contributed by atoms with Crippen LogP contribution in [-0.4, -0.2) is 29.7 Å². The molecule has 4 rings (SSSR count). The van der Waals surface area contributed by atoms with Crippen molar-refractivity contribution in [2.75, 3.05) is 23.3 Å². The van der Waals surface area contributed by atoms with E-state index in [-0.39, 0.29) is 17.9 Å². The van der Waals surface area contributed by atoms with Crippen LogP contribution in [0.15, 0.2) is 60.7 Å². The molecule has 2 aromatic carbocycles. The number of nitrogens with zero attached hydrogens (tertiary/aromatic N) is 2. The van der Waals surface area contributed by atoms with E-state index in [0.29, 0.717) is 6.04 Å². The molecule has 0 saturated carbocycles. The molecule has 1 saturated heterocycles. The number of halogens is 1. The van der Waals surface area contributed by atoms with Gasteiger partial charge >= 0.3 is 0 Å². The van der Waals surface area contributed by atoms with Gasteiger partial charge < -0.3 is 15.5 Å². The first-order chi connectivity index (χ1) is 14.0. The molecule has 2 N–H and O–H groups in total. The quantitative estimate of drug-likeness (QED) is 0.557. The Morgan fingerprint density at radius 2 is 1.63 bits per heavy atom. The van der Waals surface area contributed by atoms with Crippen LogP contribution in [0.2, 0.25) is 0 Å². The van der Waals surface area contributed by atoms with E-state index in [1.54, 1.807) is 0 Å². The van der Waals surface area contributed by atoms with Gasteiger partial charge in [-0.05, 0) is 45.2 Å². The minimum absolute atomic E-state index is 0. The van der Waals surface area contributed by atoms with Crippen molar-refractivity contribution < 1.29 is 0 Å². The lowest BCUT2D eigenvalue weighted by Gasteiger charge is -2.37. The molecule has 1 aromatic heterocycles. The number of anilines is 2. The summed E-state index contributed by atoms with van der Waals surface area (Å²) in [5.74, 6) is 0.942. The number of pyridine rings is 1. The molecule has 1 aliphatic heterocycles. The maximum atomic E-state index is 4.86. The number of fused-ring (bicyclic) bond motifs is 1. The molecule has 160 valence electrons. The summed E-state index contributed by atoms with van der Waals surface area (Å²) in [5.41, 5.74) is 3.78. The average Bonchev–Trinajstić information content (AvgIpc) is 2.72. The Labute approximate surface area is 186 Å². The second-order valence-corrected chi connectivity index (χ2v) is 9.04. The van der Waals surface area contributed by atoms with Gasteiger partial charge in [0, 0.05) is 48.4 Å². The third-order valence-electron chi connectivity index (χ3n) is 5.48. The van der Waals surface area contributed by atoms with E-state index in [0.717, 1.165) is 31.0 Å². The van der Waals surface area contributed by atoms with E-state index in [4.69, 9.17) is 4.98 Å². The topological polar surface area (TPSA) is 40.2 Å². The van der Waals surface area contributed by atoms with E-state index >= 15 is 0 Å². The minimum atomic E-state index is 0. The van der Waals surface area contributed by atoms with Crippen molar-refractivity contribution in [3.63, 3.8) is 0 Å². The highest BCUT2D eigenvalue weighted by molar-refractivity contribution is 5.93. The van der Waals surface area contributed by atoms with Gasteiger partial charge in [-0.3, -0.25) is 0 Å². The summed E-state index contributed by atoms with van der Waals surface area (Å²) in [6.07, 6.45) is 2.33. The molecule has 0 amide bonds. The second-order valence-electron chi connectivity index (χ2n) is 9.04. The van der Waals surface area contributed by atoms with Gasteiger partial charge in [-0.2, -0.15) is 0 Å². The van der Waals surface area contributed by atoms with Gasteiger partial charge in [0.15, 0.2) is 0 Å². The maximum Gasteiger partial charge on any atom is 0.129 e. The van der Waals surface area contributed by atoms with Crippen molar-refractivity contribution in [2.24, 2.45) is 0 Å². The molecule has 0 radical (unpaired) electrons. The van der Waals surface area contributed by atoms with Crippen molar-refractivity contribution in [2.45, 2.75) is 51.7 Å². The smallest absolute Gasteiger partial charge is 0.129 e. The Bertz CT molecular complexity index is 944. The van der Waals surface area contributed by atoms with Gasteiger partial charge in [0.25, 0.3) is 0 Å². The number of aromatic nitrogens is 1. The van der Waals surface area contributed by atoms with Crippen LogP contribution in [0, 0.1) is 0 Å². The Hall–Kier alpha value is -2.30. The van der Waals surface area contributed by atoms with Gasteiger partial charge in [0.2, 0.25) is 0 Å². The van der Waals surface area contributed by atoms with Crippen LogP contribution in [0.1, 0.15) is 39.2 Å². The molecule has 0 spiro atoms. The molecule has 2 heterocycles. The summed E-state index contributed by atoms with van der Waals surface area (Å²) < 4.78 is 0. The van der Waals surface area contributed by atoms with E-state index in [1.807, 2.05) is 6.07 Å². The van der Waals surface area contributed by atoms with Gasteiger partial charge in [-0.15, -0.1) is 12.4 Å². The fourth-order valence-electron chi connectivity index (χ4n) is 4.17. The summed E-state index contributed by atoms with van der Waals surface area (Å²) in [6, 6.07) is 21.8. The lowest BCUT2D eigenvalue weighted by Crippen LogP contribution is -2.49. The summed E-state index contributed by atoms with van der Waals surface area (Å²) >= 11 is 0. The molecular formula is C25H33ClN4. The van der Waals surface area contributed by atoms with Gasteiger partial charge in [-0.25, -0.2) is 4.98 Å². The number of nitrogens with one attached hydrogen (secondary N) is 2. The van der Waals surface area contributed by atoms with Crippen LogP contribution in [0.5, 0.6) is 0 Å². The maximum absolute atomic E-state index is 4.86. The van der Waals surface area contributed by atoms with Gasteiger partial charge in [0.1, 0.15) is 5.82 Å². The number of benzene rings is 2. The normalized spacial score (nSPS) is 15.1. The van der Waals surface area contributed by atoms with Crippen LogP contribution in [0.3, 0.4) is 0 Å². The zero-order chi connectivity index (χ0) is 20.3. The first kappa shape index (κ1) is 22.4. The van der Waals surface area contributed by atoms with Crippen LogP contribution in [-0.2, 0) is 6.54 Å². The minimum Gasteiger partial charge on any atom is -0.371 e. The van der Waals surface area contributed by atoms with Crippen LogP contribution < -0.4 is 15.5 Å². The molecule has 0 unspecified atom stereocenters. The second kappa shape index (κ2) is 9.67. The van der Waals surface area contributed by atoms with Crippen molar-refractivity contribution in [1.29, 1.82) is 0 Å². The van der Waals surface area contributed by atoms with Crippen molar-refractivity contribution >= 4 is 34.8 Å². The average molecular weight is 425 g/mol. The first-order valence-corrected chi connectivity index (χ1v) is 10.7. The van der Waals surface area contributed by atoms with Crippen molar-refractivity contribution in [3.8, 4) is 0 Å². The molecule has 0 aliphatic carbocycles. The summed E-state index contributed by atoms with van der Waals surface area (Å²) in [5, 5.41) is 8.52. The fraction of sp³-hybridized carbons (Fsp3) is 0.400. The number of hydrogen-bond acceptors (Lipinski definition) is 4. The zero-order valence-electron chi connectivity index (χ0n) is 18.2. The third kappa shape index (κ3) is 5.65.